The molecule has 0 aromatic heterocycles. The predicted molar refractivity (Wildman–Crippen MR) is 63.3 cm³/mol. The van der Waals surface area contributed by atoms with Crippen molar-refractivity contribution in [1.29, 1.82) is 0 Å². The fourth-order valence-electron chi connectivity index (χ4n) is 2.74. The third-order valence-electron chi connectivity index (χ3n) is 3.61. The molecule has 17 heavy (non-hydrogen) atoms. The average Bonchev–Trinajstić information content (AvgIpc) is 2.69. The van der Waals surface area contributed by atoms with E-state index in [9.17, 15) is 5.11 Å². The Bertz CT molecular complexity index is 439. The van der Waals surface area contributed by atoms with E-state index in [0.29, 0.717) is 12.8 Å². The van der Waals surface area contributed by atoms with E-state index >= 15 is 0 Å². The monoisotopic (exact) mass is 232 g/mol. The van der Waals surface area contributed by atoms with Crippen LogP contribution in [0.25, 0.3) is 0 Å². The molecule has 1 aromatic carbocycles. The van der Waals surface area contributed by atoms with E-state index in [-0.39, 0.29) is 18.8 Å². The molecule has 1 unspecified atom stereocenters. The zero-order valence-electron chi connectivity index (χ0n) is 9.54. The lowest BCUT2D eigenvalue weighted by molar-refractivity contribution is -0.107. The Kier molecular flexibility index (Phi) is 2.54. The minimum atomic E-state index is -0.831. The molecule has 0 radical (unpaired) electrons. The van der Waals surface area contributed by atoms with Gasteiger partial charge >= 0.3 is 0 Å². The van der Waals surface area contributed by atoms with Crippen LogP contribution in [0.5, 0.6) is 0 Å². The topological polar surface area (TPSA) is 49.7 Å². The summed E-state index contributed by atoms with van der Waals surface area (Å²) in [6.07, 6.45) is 5.29. The highest BCUT2D eigenvalue weighted by Crippen LogP contribution is 2.41. The maximum Gasteiger partial charge on any atom is 0.0952 e. The van der Waals surface area contributed by atoms with Crippen molar-refractivity contribution in [2.45, 2.75) is 37.3 Å². The van der Waals surface area contributed by atoms with Gasteiger partial charge in [0.2, 0.25) is 0 Å². The van der Waals surface area contributed by atoms with Crippen LogP contribution in [0, 0.1) is 0 Å². The van der Waals surface area contributed by atoms with Crippen LogP contribution in [0.4, 0.5) is 0 Å². The molecule has 0 spiro atoms. The highest BCUT2D eigenvalue weighted by molar-refractivity contribution is 5.30. The molecule has 2 bridgehead atoms. The number of benzene rings is 1. The van der Waals surface area contributed by atoms with Gasteiger partial charge in [-0.2, -0.15) is 0 Å². The van der Waals surface area contributed by atoms with Gasteiger partial charge in [0.25, 0.3) is 0 Å². The standard InChI is InChI=1S/C14H16O3/c15-9-10-2-1-3-11(6-10)14(16)7-12-4-5-13(8-14)17-12/h1-6,12-13,15-16H,7-9H2/t12-,13+,14?. The van der Waals surface area contributed by atoms with Crippen LogP contribution in [0.3, 0.4) is 0 Å². The van der Waals surface area contributed by atoms with E-state index in [2.05, 4.69) is 0 Å². The lowest BCUT2D eigenvalue weighted by Crippen LogP contribution is -2.39. The molecular formula is C14H16O3. The first kappa shape index (κ1) is 11.0. The minimum absolute atomic E-state index is 0.00548. The molecule has 1 aromatic rings. The number of fused-ring (bicyclic) bond motifs is 2. The molecule has 0 aliphatic carbocycles. The summed E-state index contributed by atoms with van der Waals surface area (Å²) in [6.45, 7) is 0.00548. The molecule has 1 fully saturated rings. The second-order valence-corrected chi connectivity index (χ2v) is 4.90. The SMILES string of the molecule is OCc1cccc(C2(O)C[C@H]3C=C[C@@H](C2)O3)c1. The Hall–Kier alpha value is -1.16. The Morgan fingerprint density at radius 3 is 2.59 bits per heavy atom. The zero-order valence-corrected chi connectivity index (χ0v) is 9.54. The summed E-state index contributed by atoms with van der Waals surface area (Å²) in [5, 5.41) is 19.9. The molecule has 0 saturated carbocycles. The van der Waals surface area contributed by atoms with Gasteiger partial charge in [-0.25, -0.2) is 0 Å². The van der Waals surface area contributed by atoms with E-state index in [1.807, 2.05) is 36.4 Å². The molecule has 1 saturated heterocycles. The lowest BCUT2D eigenvalue weighted by atomic mass is 9.82. The largest absolute Gasteiger partial charge is 0.392 e. The van der Waals surface area contributed by atoms with E-state index in [1.165, 1.54) is 0 Å². The van der Waals surface area contributed by atoms with Crippen LogP contribution >= 0.6 is 0 Å². The third kappa shape index (κ3) is 1.90. The van der Waals surface area contributed by atoms with Gasteiger partial charge in [0, 0.05) is 12.8 Å². The summed E-state index contributed by atoms with van der Waals surface area (Å²) in [4.78, 5) is 0. The van der Waals surface area contributed by atoms with Gasteiger partial charge in [0.1, 0.15) is 0 Å². The molecule has 2 heterocycles. The van der Waals surface area contributed by atoms with Crippen molar-refractivity contribution in [2.24, 2.45) is 0 Å². The highest BCUT2D eigenvalue weighted by Gasteiger charge is 2.42. The molecule has 2 N–H and O–H groups in total. The Labute approximate surface area is 100 Å². The van der Waals surface area contributed by atoms with Gasteiger partial charge in [-0.3, -0.25) is 0 Å². The van der Waals surface area contributed by atoms with Crippen molar-refractivity contribution in [3.8, 4) is 0 Å². The molecule has 3 heteroatoms. The van der Waals surface area contributed by atoms with Gasteiger partial charge in [0.05, 0.1) is 24.4 Å². The van der Waals surface area contributed by atoms with Gasteiger partial charge in [-0.1, -0.05) is 36.4 Å². The Morgan fingerprint density at radius 2 is 1.94 bits per heavy atom. The Balaban J connectivity index is 1.92. The first-order chi connectivity index (χ1) is 8.19. The van der Waals surface area contributed by atoms with E-state index in [0.717, 1.165) is 11.1 Å². The fraction of sp³-hybridized carbons (Fsp3) is 0.429. The second kappa shape index (κ2) is 3.95. The molecule has 2 aliphatic rings. The summed E-state index contributed by atoms with van der Waals surface area (Å²) in [6, 6.07) is 7.54. The molecule has 2 aliphatic heterocycles. The van der Waals surface area contributed by atoms with Crippen molar-refractivity contribution < 1.29 is 14.9 Å². The van der Waals surface area contributed by atoms with E-state index in [1.54, 1.807) is 0 Å². The van der Waals surface area contributed by atoms with Crippen LogP contribution < -0.4 is 0 Å². The number of hydrogen-bond acceptors (Lipinski definition) is 3. The number of aliphatic hydroxyl groups is 2. The van der Waals surface area contributed by atoms with Gasteiger partial charge < -0.3 is 14.9 Å². The normalized spacial score (nSPS) is 35.2. The highest BCUT2D eigenvalue weighted by atomic mass is 16.5. The Morgan fingerprint density at radius 1 is 1.24 bits per heavy atom. The number of aliphatic hydroxyl groups excluding tert-OH is 1. The first-order valence-electron chi connectivity index (χ1n) is 5.96. The van der Waals surface area contributed by atoms with Gasteiger partial charge in [-0.15, -0.1) is 0 Å². The quantitative estimate of drug-likeness (QED) is 0.759. The van der Waals surface area contributed by atoms with Crippen molar-refractivity contribution in [2.75, 3.05) is 0 Å². The smallest absolute Gasteiger partial charge is 0.0952 e. The first-order valence-corrected chi connectivity index (χ1v) is 5.96. The number of hydrogen-bond donors (Lipinski definition) is 2. The average molecular weight is 232 g/mol. The molecule has 90 valence electrons. The third-order valence-corrected chi connectivity index (χ3v) is 3.61. The van der Waals surface area contributed by atoms with Crippen molar-refractivity contribution in [1.82, 2.24) is 0 Å². The number of ether oxygens (including phenoxy) is 1. The maximum atomic E-state index is 10.7. The van der Waals surface area contributed by atoms with Crippen molar-refractivity contribution >= 4 is 0 Å². The maximum absolute atomic E-state index is 10.7. The summed E-state index contributed by atoms with van der Waals surface area (Å²) < 4.78 is 5.65. The van der Waals surface area contributed by atoms with Crippen LogP contribution in [0.2, 0.25) is 0 Å². The van der Waals surface area contributed by atoms with Crippen LogP contribution in [-0.4, -0.2) is 22.4 Å². The summed E-state index contributed by atoms with van der Waals surface area (Å²) in [7, 11) is 0. The van der Waals surface area contributed by atoms with Crippen molar-refractivity contribution in [3.05, 3.63) is 47.5 Å². The van der Waals surface area contributed by atoms with Gasteiger partial charge in [0.15, 0.2) is 0 Å². The molecule has 3 rings (SSSR count). The molecular weight excluding hydrogens is 216 g/mol. The second-order valence-electron chi connectivity index (χ2n) is 4.90. The molecule has 3 nitrogen and oxygen atoms in total. The van der Waals surface area contributed by atoms with Crippen LogP contribution in [0.15, 0.2) is 36.4 Å². The fourth-order valence-corrected chi connectivity index (χ4v) is 2.74. The van der Waals surface area contributed by atoms with Crippen LogP contribution in [0.1, 0.15) is 24.0 Å². The molecule has 0 amide bonds. The summed E-state index contributed by atoms with van der Waals surface area (Å²) >= 11 is 0. The summed E-state index contributed by atoms with van der Waals surface area (Å²) in [5.74, 6) is 0. The van der Waals surface area contributed by atoms with Crippen molar-refractivity contribution in [3.63, 3.8) is 0 Å². The predicted octanol–water partition coefficient (Wildman–Crippen LogP) is 1.48. The lowest BCUT2D eigenvalue weighted by Gasteiger charge is -2.37. The summed E-state index contributed by atoms with van der Waals surface area (Å²) in [5.41, 5.74) is 0.885. The molecule has 3 atom stereocenters. The van der Waals surface area contributed by atoms with E-state index < -0.39 is 5.60 Å². The zero-order chi connectivity index (χ0) is 11.9. The van der Waals surface area contributed by atoms with E-state index in [4.69, 9.17) is 9.84 Å². The number of rotatable bonds is 2. The van der Waals surface area contributed by atoms with Gasteiger partial charge in [-0.05, 0) is 11.1 Å². The minimum Gasteiger partial charge on any atom is -0.392 e. The van der Waals surface area contributed by atoms with Crippen LogP contribution in [-0.2, 0) is 16.9 Å².